The minimum atomic E-state index is -0.0337. The van der Waals surface area contributed by atoms with Crippen LogP contribution in [0.3, 0.4) is 0 Å². The van der Waals surface area contributed by atoms with Gasteiger partial charge in [-0.1, -0.05) is 24.4 Å². The molecule has 0 radical (unpaired) electrons. The van der Waals surface area contributed by atoms with Crippen LogP contribution in [0.4, 0.5) is 0 Å². The maximum atomic E-state index is 12.7. The number of amides is 1. The molecular formula is C21H29N5O2. The van der Waals surface area contributed by atoms with Crippen LogP contribution in [0.15, 0.2) is 23.0 Å². The molecule has 0 aromatic carbocycles. The van der Waals surface area contributed by atoms with Gasteiger partial charge in [0.25, 0.3) is 5.91 Å². The Morgan fingerprint density at radius 3 is 2.71 bits per heavy atom. The number of nitrogens with zero attached hydrogens (tertiary/aromatic N) is 5. The summed E-state index contributed by atoms with van der Waals surface area (Å²) in [7, 11) is 0. The zero-order valence-corrected chi connectivity index (χ0v) is 16.6. The lowest BCUT2D eigenvalue weighted by molar-refractivity contribution is 0.0754. The Morgan fingerprint density at radius 1 is 1.07 bits per heavy atom. The number of carbonyl (C=O) groups is 1. The van der Waals surface area contributed by atoms with Gasteiger partial charge in [0.05, 0.1) is 24.1 Å². The van der Waals surface area contributed by atoms with Crippen molar-refractivity contribution in [2.24, 2.45) is 0 Å². The third-order valence-corrected chi connectivity index (χ3v) is 5.86. The SMILES string of the molecule is Cc1cnc(C(=O)N2CCCN(Cc3cc(C4CCCCC4)no3)CC2)cn1. The minimum Gasteiger partial charge on any atom is -0.360 e. The van der Waals surface area contributed by atoms with Gasteiger partial charge < -0.3 is 9.42 Å². The highest BCUT2D eigenvalue weighted by Gasteiger charge is 2.23. The van der Waals surface area contributed by atoms with Crippen molar-refractivity contribution in [3.05, 3.63) is 41.3 Å². The van der Waals surface area contributed by atoms with Crippen LogP contribution in [0.2, 0.25) is 0 Å². The molecule has 2 aromatic heterocycles. The smallest absolute Gasteiger partial charge is 0.274 e. The van der Waals surface area contributed by atoms with Gasteiger partial charge in [-0.15, -0.1) is 0 Å². The molecule has 4 rings (SSSR count). The highest BCUT2D eigenvalue weighted by Crippen LogP contribution is 2.32. The third-order valence-electron chi connectivity index (χ3n) is 5.86. The highest BCUT2D eigenvalue weighted by molar-refractivity contribution is 5.92. The van der Waals surface area contributed by atoms with E-state index < -0.39 is 0 Å². The van der Waals surface area contributed by atoms with Crippen molar-refractivity contribution in [3.63, 3.8) is 0 Å². The van der Waals surface area contributed by atoms with E-state index in [1.807, 2.05) is 11.8 Å². The second kappa shape index (κ2) is 8.82. The van der Waals surface area contributed by atoms with Crippen molar-refractivity contribution in [3.8, 4) is 0 Å². The zero-order chi connectivity index (χ0) is 19.3. The predicted octanol–water partition coefficient (Wildman–Crippen LogP) is 3.17. The molecule has 2 fully saturated rings. The van der Waals surface area contributed by atoms with Crippen molar-refractivity contribution >= 4 is 5.91 Å². The molecule has 2 aliphatic rings. The van der Waals surface area contributed by atoms with E-state index in [2.05, 4.69) is 26.1 Å². The van der Waals surface area contributed by atoms with Crippen molar-refractivity contribution in [2.75, 3.05) is 26.2 Å². The molecule has 7 nitrogen and oxygen atoms in total. The fraction of sp³-hybridized carbons (Fsp3) is 0.619. The summed E-state index contributed by atoms with van der Waals surface area (Å²) in [6.07, 6.45) is 10.6. The molecule has 2 aromatic rings. The molecule has 0 spiro atoms. The molecule has 7 heteroatoms. The van der Waals surface area contributed by atoms with Crippen molar-refractivity contribution < 1.29 is 9.32 Å². The first-order valence-electron chi connectivity index (χ1n) is 10.4. The number of carbonyl (C=O) groups excluding carboxylic acids is 1. The standard InChI is InChI=1S/C21H29N5O2/c1-16-13-23-20(14-22-16)21(27)26-9-5-8-25(10-11-26)15-18-12-19(24-28-18)17-6-3-2-4-7-17/h12-14,17H,2-11,15H2,1H3. The summed E-state index contributed by atoms with van der Waals surface area (Å²) >= 11 is 0. The van der Waals surface area contributed by atoms with Crippen LogP contribution in [0.25, 0.3) is 0 Å². The quantitative estimate of drug-likeness (QED) is 0.807. The van der Waals surface area contributed by atoms with Crippen molar-refractivity contribution in [1.82, 2.24) is 24.9 Å². The number of rotatable bonds is 4. The molecule has 28 heavy (non-hydrogen) atoms. The van der Waals surface area contributed by atoms with E-state index in [0.717, 1.165) is 49.7 Å². The second-order valence-electron chi connectivity index (χ2n) is 8.02. The molecule has 1 saturated carbocycles. The van der Waals surface area contributed by atoms with Gasteiger partial charge in [0.2, 0.25) is 0 Å². The van der Waals surface area contributed by atoms with Gasteiger partial charge in [-0.05, 0) is 26.2 Å². The average Bonchev–Trinajstić information content (AvgIpc) is 3.07. The van der Waals surface area contributed by atoms with Crippen LogP contribution in [-0.2, 0) is 6.54 Å². The fourth-order valence-corrected chi connectivity index (χ4v) is 4.21. The van der Waals surface area contributed by atoms with E-state index in [1.165, 1.54) is 32.1 Å². The van der Waals surface area contributed by atoms with Gasteiger partial charge in [-0.25, -0.2) is 4.98 Å². The lowest BCUT2D eigenvalue weighted by Crippen LogP contribution is -2.35. The Balaban J connectivity index is 1.32. The fourth-order valence-electron chi connectivity index (χ4n) is 4.21. The summed E-state index contributed by atoms with van der Waals surface area (Å²) in [6, 6.07) is 2.14. The molecular weight excluding hydrogens is 354 g/mol. The maximum Gasteiger partial charge on any atom is 0.274 e. The van der Waals surface area contributed by atoms with Crippen LogP contribution in [0.5, 0.6) is 0 Å². The lowest BCUT2D eigenvalue weighted by Gasteiger charge is -2.21. The Kier molecular flexibility index (Phi) is 6.00. The van der Waals surface area contributed by atoms with Gasteiger partial charge in [0.1, 0.15) is 5.69 Å². The van der Waals surface area contributed by atoms with Crippen LogP contribution < -0.4 is 0 Å². The molecule has 0 unspecified atom stereocenters. The first-order chi connectivity index (χ1) is 13.7. The van der Waals surface area contributed by atoms with E-state index in [9.17, 15) is 4.79 Å². The van der Waals surface area contributed by atoms with Gasteiger partial charge in [0, 0.05) is 44.4 Å². The van der Waals surface area contributed by atoms with E-state index >= 15 is 0 Å². The Morgan fingerprint density at radius 2 is 1.93 bits per heavy atom. The van der Waals surface area contributed by atoms with Gasteiger partial charge >= 0.3 is 0 Å². The predicted molar refractivity (Wildman–Crippen MR) is 105 cm³/mol. The molecule has 1 aliphatic heterocycles. The minimum absolute atomic E-state index is 0.0337. The third kappa shape index (κ3) is 4.58. The summed E-state index contributed by atoms with van der Waals surface area (Å²) < 4.78 is 5.63. The number of hydrogen-bond acceptors (Lipinski definition) is 6. The maximum absolute atomic E-state index is 12.7. The summed E-state index contributed by atoms with van der Waals surface area (Å²) in [5.41, 5.74) is 2.36. The highest BCUT2D eigenvalue weighted by atomic mass is 16.5. The topological polar surface area (TPSA) is 75.4 Å². The molecule has 150 valence electrons. The lowest BCUT2D eigenvalue weighted by atomic mass is 9.87. The van der Waals surface area contributed by atoms with E-state index in [4.69, 9.17) is 4.52 Å². The van der Waals surface area contributed by atoms with Gasteiger partial charge in [-0.3, -0.25) is 14.7 Å². The molecule has 1 aliphatic carbocycles. The molecule has 1 saturated heterocycles. The monoisotopic (exact) mass is 383 g/mol. The van der Waals surface area contributed by atoms with E-state index in [-0.39, 0.29) is 5.91 Å². The average molecular weight is 383 g/mol. The van der Waals surface area contributed by atoms with Crippen LogP contribution in [0, 0.1) is 6.92 Å². The summed E-state index contributed by atoms with van der Waals surface area (Å²) in [5.74, 6) is 1.47. The summed E-state index contributed by atoms with van der Waals surface area (Å²) in [5, 5.41) is 4.34. The first kappa shape index (κ1) is 19.1. The Labute approximate surface area is 166 Å². The van der Waals surface area contributed by atoms with Crippen LogP contribution >= 0.6 is 0 Å². The first-order valence-corrected chi connectivity index (χ1v) is 10.4. The molecule has 0 atom stereocenters. The normalized spacial score (nSPS) is 19.5. The van der Waals surface area contributed by atoms with Crippen molar-refractivity contribution in [2.45, 2.75) is 57.9 Å². The zero-order valence-electron chi connectivity index (χ0n) is 16.6. The number of aromatic nitrogens is 3. The second-order valence-corrected chi connectivity index (χ2v) is 8.02. The number of hydrogen-bond donors (Lipinski definition) is 0. The molecule has 1 amide bonds. The van der Waals surface area contributed by atoms with Gasteiger partial charge in [-0.2, -0.15) is 0 Å². The Bertz CT molecular complexity index is 782. The van der Waals surface area contributed by atoms with Crippen molar-refractivity contribution in [1.29, 1.82) is 0 Å². The van der Waals surface area contributed by atoms with Gasteiger partial charge in [0.15, 0.2) is 5.76 Å². The molecule has 0 bridgehead atoms. The van der Waals surface area contributed by atoms with E-state index in [1.54, 1.807) is 12.4 Å². The summed E-state index contributed by atoms with van der Waals surface area (Å²) in [4.78, 5) is 25.3. The molecule has 3 heterocycles. The van der Waals surface area contributed by atoms with Crippen LogP contribution in [-0.4, -0.2) is 57.0 Å². The molecule has 0 N–H and O–H groups in total. The number of aryl methyl sites for hydroxylation is 1. The summed E-state index contributed by atoms with van der Waals surface area (Å²) in [6.45, 7) is 5.83. The van der Waals surface area contributed by atoms with Crippen LogP contribution in [0.1, 0.15) is 72.1 Å². The van der Waals surface area contributed by atoms with E-state index in [0.29, 0.717) is 18.2 Å². The Hall–Kier alpha value is -2.28. The largest absolute Gasteiger partial charge is 0.360 e.